The van der Waals surface area contributed by atoms with Gasteiger partial charge in [-0.1, -0.05) is 32.9 Å². The van der Waals surface area contributed by atoms with E-state index in [4.69, 9.17) is 4.74 Å². The molecule has 0 aliphatic carbocycles. The Balaban J connectivity index is 3.05. The Morgan fingerprint density at radius 2 is 1.95 bits per heavy atom. The summed E-state index contributed by atoms with van der Waals surface area (Å²) in [5.74, 6) is 0.246. The van der Waals surface area contributed by atoms with Crippen molar-refractivity contribution >= 4 is 0 Å². The molecule has 1 aromatic carbocycles. The molecule has 0 aromatic heterocycles. The van der Waals surface area contributed by atoms with E-state index in [-0.39, 0.29) is 18.0 Å². The number of aryl methyl sites for hydroxylation is 1. The van der Waals surface area contributed by atoms with Crippen molar-refractivity contribution < 1.29 is 9.13 Å². The first-order valence-corrected chi connectivity index (χ1v) is 7.62. The average molecular weight is 281 g/mol. The topological polar surface area (TPSA) is 21.3 Å². The molecule has 1 N–H and O–H groups in total. The van der Waals surface area contributed by atoms with E-state index in [9.17, 15) is 4.39 Å². The van der Waals surface area contributed by atoms with E-state index in [1.54, 1.807) is 13.0 Å². The van der Waals surface area contributed by atoms with Crippen LogP contribution in [0.3, 0.4) is 0 Å². The highest BCUT2D eigenvalue weighted by molar-refractivity contribution is 5.27. The summed E-state index contributed by atoms with van der Waals surface area (Å²) < 4.78 is 19.4. The van der Waals surface area contributed by atoms with Gasteiger partial charge in [0.05, 0.1) is 12.1 Å². The molecule has 114 valence electrons. The number of halogens is 1. The lowest BCUT2D eigenvalue weighted by atomic mass is 9.92. The van der Waals surface area contributed by atoms with E-state index in [1.807, 2.05) is 19.1 Å². The predicted octanol–water partition coefficient (Wildman–Crippen LogP) is 4.24. The van der Waals surface area contributed by atoms with Crippen molar-refractivity contribution in [3.05, 3.63) is 35.1 Å². The van der Waals surface area contributed by atoms with E-state index in [0.29, 0.717) is 18.1 Å². The third-order valence-electron chi connectivity index (χ3n) is 3.50. The molecule has 3 heteroatoms. The van der Waals surface area contributed by atoms with Crippen LogP contribution in [0, 0.1) is 18.7 Å². The fraction of sp³-hybridized carbons (Fsp3) is 0.647. The van der Waals surface area contributed by atoms with E-state index < -0.39 is 0 Å². The number of hydrogen-bond acceptors (Lipinski definition) is 2. The first-order valence-electron chi connectivity index (χ1n) is 7.62. The van der Waals surface area contributed by atoms with Gasteiger partial charge in [0.25, 0.3) is 0 Å². The Morgan fingerprint density at radius 1 is 1.25 bits per heavy atom. The lowest BCUT2D eigenvalue weighted by molar-refractivity contribution is 0.00281. The van der Waals surface area contributed by atoms with Gasteiger partial charge < -0.3 is 10.1 Å². The van der Waals surface area contributed by atoms with Crippen molar-refractivity contribution in [2.45, 2.75) is 53.2 Å². The molecule has 0 saturated heterocycles. The van der Waals surface area contributed by atoms with Crippen LogP contribution in [-0.2, 0) is 4.74 Å². The van der Waals surface area contributed by atoms with Gasteiger partial charge in [-0.25, -0.2) is 4.39 Å². The fourth-order valence-electron chi connectivity index (χ4n) is 2.45. The van der Waals surface area contributed by atoms with Crippen LogP contribution < -0.4 is 5.32 Å². The summed E-state index contributed by atoms with van der Waals surface area (Å²) in [4.78, 5) is 0. The van der Waals surface area contributed by atoms with Gasteiger partial charge in [-0.05, 0) is 49.9 Å². The summed E-state index contributed by atoms with van der Waals surface area (Å²) >= 11 is 0. The molecule has 0 spiro atoms. The van der Waals surface area contributed by atoms with E-state index >= 15 is 0 Å². The van der Waals surface area contributed by atoms with Gasteiger partial charge >= 0.3 is 0 Å². The van der Waals surface area contributed by atoms with Crippen molar-refractivity contribution in [1.29, 1.82) is 0 Å². The minimum Gasteiger partial charge on any atom is -0.376 e. The van der Waals surface area contributed by atoms with E-state index in [1.165, 1.54) is 0 Å². The molecule has 0 aliphatic rings. The van der Waals surface area contributed by atoms with Crippen LogP contribution in [0.1, 0.15) is 51.3 Å². The van der Waals surface area contributed by atoms with Crippen LogP contribution in [0.15, 0.2) is 18.2 Å². The summed E-state index contributed by atoms with van der Waals surface area (Å²) in [7, 11) is 0. The smallest absolute Gasteiger partial charge is 0.126 e. The molecule has 1 aromatic rings. The molecule has 2 atom stereocenters. The predicted molar refractivity (Wildman–Crippen MR) is 82.4 cm³/mol. The molecule has 1 rings (SSSR count). The van der Waals surface area contributed by atoms with Crippen LogP contribution in [0.2, 0.25) is 0 Å². The summed E-state index contributed by atoms with van der Waals surface area (Å²) in [6.07, 6.45) is 1.16. The van der Waals surface area contributed by atoms with Crippen LogP contribution in [0.5, 0.6) is 0 Å². The fourth-order valence-corrected chi connectivity index (χ4v) is 2.45. The highest BCUT2D eigenvalue weighted by Gasteiger charge is 2.26. The molecule has 0 saturated carbocycles. The first-order chi connectivity index (χ1) is 9.51. The van der Waals surface area contributed by atoms with Crippen LogP contribution in [0.4, 0.5) is 4.39 Å². The molecule has 0 heterocycles. The maximum atomic E-state index is 13.5. The molecular weight excluding hydrogens is 253 g/mol. The molecular formula is C17H28FNO. The van der Waals surface area contributed by atoms with Crippen molar-refractivity contribution in [1.82, 2.24) is 5.32 Å². The maximum Gasteiger partial charge on any atom is 0.126 e. The zero-order chi connectivity index (χ0) is 15.1. The SMILES string of the molecule is CCCNC(c1ccc(F)c(C)c1)C(OCC)C(C)C. The lowest BCUT2D eigenvalue weighted by Gasteiger charge is -2.31. The lowest BCUT2D eigenvalue weighted by Crippen LogP contribution is -2.37. The summed E-state index contributed by atoms with van der Waals surface area (Å²) in [6, 6.07) is 5.45. The number of rotatable bonds is 8. The highest BCUT2D eigenvalue weighted by atomic mass is 19.1. The molecule has 0 bridgehead atoms. The van der Waals surface area contributed by atoms with Gasteiger partial charge in [0, 0.05) is 6.61 Å². The van der Waals surface area contributed by atoms with Crippen molar-refractivity contribution in [2.24, 2.45) is 5.92 Å². The molecule has 2 unspecified atom stereocenters. The molecule has 0 aliphatic heterocycles. The van der Waals surface area contributed by atoms with Crippen molar-refractivity contribution in [2.75, 3.05) is 13.2 Å². The Bertz CT molecular complexity index is 406. The number of nitrogens with one attached hydrogen (secondary N) is 1. The highest BCUT2D eigenvalue weighted by Crippen LogP contribution is 2.26. The first kappa shape index (κ1) is 17.1. The van der Waals surface area contributed by atoms with Crippen LogP contribution >= 0.6 is 0 Å². The molecule has 0 fully saturated rings. The zero-order valence-electron chi connectivity index (χ0n) is 13.4. The standard InChI is InChI=1S/C17H28FNO/c1-6-10-19-16(17(12(3)4)20-7-2)14-8-9-15(18)13(5)11-14/h8-9,11-12,16-17,19H,6-7,10H2,1-5H3. The van der Waals surface area contributed by atoms with Crippen molar-refractivity contribution in [3.63, 3.8) is 0 Å². The number of ether oxygens (including phenoxy) is 1. The quantitative estimate of drug-likeness (QED) is 0.769. The molecule has 2 nitrogen and oxygen atoms in total. The Kier molecular flexibility index (Phi) is 7.17. The second-order valence-corrected chi connectivity index (χ2v) is 5.60. The van der Waals surface area contributed by atoms with Crippen LogP contribution in [-0.4, -0.2) is 19.3 Å². The Labute approximate surface area is 122 Å². The number of benzene rings is 1. The largest absolute Gasteiger partial charge is 0.376 e. The minimum absolute atomic E-state index is 0.0939. The molecule has 20 heavy (non-hydrogen) atoms. The summed E-state index contributed by atoms with van der Waals surface area (Å²) in [6.45, 7) is 11.9. The number of hydrogen-bond donors (Lipinski definition) is 1. The maximum absolute atomic E-state index is 13.5. The minimum atomic E-state index is -0.152. The van der Waals surface area contributed by atoms with Crippen LogP contribution in [0.25, 0.3) is 0 Å². The Hall–Kier alpha value is -0.930. The normalized spacial score (nSPS) is 14.6. The monoisotopic (exact) mass is 281 g/mol. The molecule has 0 radical (unpaired) electrons. The zero-order valence-corrected chi connectivity index (χ0v) is 13.4. The van der Waals surface area contributed by atoms with Gasteiger partial charge in [0.2, 0.25) is 0 Å². The second kappa shape index (κ2) is 8.38. The van der Waals surface area contributed by atoms with Gasteiger partial charge in [-0.3, -0.25) is 0 Å². The van der Waals surface area contributed by atoms with Crippen molar-refractivity contribution in [3.8, 4) is 0 Å². The van der Waals surface area contributed by atoms with Gasteiger partial charge in [0.1, 0.15) is 5.82 Å². The molecule has 0 amide bonds. The van der Waals surface area contributed by atoms with E-state index in [2.05, 4.69) is 26.1 Å². The third-order valence-corrected chi connectivity index (χ3v) is 3.50. The summed E-state index contributed by atoms with van der Waals surface area (Å²) in [5, 5.41) is 3.55. The van der Waals surface area contributed by atoms with Gasteiger partial charge in [-0.15, -0.1) is 0 Å². The second-order valence-electron chi connectivity index (χ2n) is 5.60. The average Bonchev–Trinajstić information content (AvgIpc) is 2.41. The summed E-state index contributed by atoms with van der Waals surface area (Å²) in [5.41, 5.74) is 1.79. The Morgan fingerprint density at radius 3 is 2.45 bits per heavy atom. The van der Waals surface area contributed by atoms with Gasteiger partial charge in [0.15, 0.2) is 0 Å². The third kappa shape index (κ3) is 4.57. The van der Waals surface area contributed by atoms with Gasteiger partial charge in [-0.2, -0.15) is 0 Å². The van der Waals surface area contributed by atoms with E-state index in [0.717, 1.165) is 18.5 Å².